The van der Waals surface area contributed by atoms with Crippen molar-refractivity contribution in [3.8, 4) is 0 Å². The monoisotopic (exact) mass is 229 g/mol. The summed E-state index contributed by atoms with van der Waals surface area (Å²) in [5.74, 6) is 0. The van der Waals surface area contributed by atoms with E-state index in [1.807, 2.05) is 42.5 Å². The van der Waals surface area contributed by atoms with Crippen LogP contribution >= 0.6 is 12.8 Å². The molecule has 0 saturated carbocycles. The Labute approximate surface area is 99.3 Å². The molecule has 0 radical (unpaired) electrons. The van der Waals surface area contributed by atoms with E-state index in [4.69, 9.17) is 0 Å². The Morgan fingerprint density at radius 1 is 0.938 bits per heavy atom. The van der Waals surface area contributed by atoms with Gasteiger partial charge in [-0.05, 0) is 24.3 Å². The Morgan fingerprint density at radius 2 is 1.69 bits per heavy atom. The largest absolute Gasteiger partial charge is 0.275 e. The summed E-state index contributed by atoms with van der Waals surface area (Å²) < 4.78 is 1.70. The molecule has 0 bridgehead atoms. The maximum Gasteiger partial charge on any atom is 0.106 e. The zero-order valence-electron chi connectivity index (χ0n) is 8.56. The van der Waals surface area contributed by atoms with Crippen molar-refractivity contribution in [2.45, 2.75) is 0 Å². The van der Waals surface area contributed by atoms with E-state index in [9.17, 15) is 0 Å². The summed E-state index contributed by atoms with van der Waals surface area (Å²) in [6, 6.07) is 13.6. The highest BCUT2D eigenvalue weighted by molar-refractivity contribution is 7.78. The second kappa shape index (κ2) is 5.32. The van der Waals surface area contributed by atoms with Gasteiger partial charge in [0.2, 0.25) is 0 Å². The van der Waals surface area contributed by atoms with E-state index in [0.717, 1.165) is 11.0 Å². The average molecular weight is 229 g/mol. The molecule has 16 heavy (non-hydrogen) atoms. The zero-order chi connectivity index (χ0) is 11.2. The second-order valence-electron chi connectivity index (χ2n) is 3.10. The van der Waals surface area contributed by atoms with Crippen LogP contribution in [0.4, 0.5) is 0 Å². The van der Waals surface area contributed by atoms with E-state index in [1.54, 1.807) is 22.7 Å². The van der Waals surface area contributed by atoms with Gasteiger partial charge in [0.1, 0.15) is 6.33 Å². The molecule has 3 nitrogen and oxygen atoms in total. The fourth-order valence-electron chi connectivity index (χ4n) is 1.26. The van der Waals surface area contributed by atoms with Crippen LogP contribution in [-0.4, -0.2) is 13.9 Å². The fraction of sp³-hybridized carbons (Fsp3) is 0. The minimum atomic E-state index is 0.984. The number of fused-ring (bicyclic) bond motifs is 1. The molecule has 0 atom stereocenters. The third-order valence-corrected chi connectivity index (χ3v) is 2.32. The maximum absolute atomic E-state index is 4.16. The molecule has 3 aromatic rings. The van der Waals surface area contributed by atoms with Gasteiger partial charge >= 0.3 is 0 Å². The van der Waals surface area contributed by atoms with Gasteiger partial charge in [0, 0.05) is 12.4 Å². The first-order valence-corrected chi connectivity index (χ1v) is 5.24. The molecule has 4 heteroatoms. The summed E-state index contributed by atoms with van der Waals surface area (Å²) in [5, 5.41) is 0. The molecule has 0 amide bonds. The smallest absolute Gasteiger partial charge is 0.106 e. The lowest BCUT2D eigenvalue weighted by atomic mass is 10.3. The molecule has 2 aromatic heterocycles. The highest BCUT2D eigenvalue weighted by Crippen LogP contribution is 2.11. The lowest BCUT2D eigenvalue weighted by Gasteiger charge is -1.88. The van der Waals surface area contributed by atoms with Gasteiger partial charge in [-0.25, -0.2) is 4.98 Å². The summed E-state index contributed by atoms with van der Waals surface area (Å²) in [5.41, 5.74) is 2.03. The Morgan fingerprint density at radius 3 is 2.25 bits per heavy atom. The molecule has 0 unspecified atom stereocenters. The van der Waals surface area contributed by atoms with Crippen molar-refractivity contribution in [1.82, 2.24) is 13.9 Å². The number of para-hydroxylation sites is 2. The number of imidazole rings is 1. The van der Waals surface area contributed by atoms with Gasteiger partial charge in [-0.3, -0.25) is 8.96 Å². The molecule has 0 spiro atoms. The predicted octanol–water partition coefficient (Wildman–Crippen LogP) is 2.81. The minimum absolute atomic E-state index is 0.984. The summed E-state index contributed by atoms with van der Waals surface area (Å²) in [6.07, 6.45) is 5.19. The SMILES string of the molecule is Sn1cnc2ccccc21.c1ccncc1. The third kappa shape index (κ3) is 2.61. The van der Waals surface area contributed by atoms with Crippen molar-refractivity contribution in [2.24, 2.45) is 0 Å². The molecule has 2 heterocycles. The number of benzene rings is 1. The molecule has 0 fully saturated rings. The number of hydrogen-bond donors (Lipinski definition) is 1. The van der Waals surface area contributed by atoms with Gasteiger partial charge in [-0.1, -0.05) is 31.0 Å². The summed E-state index contributed by atoms with van der Waals surface area (Å²) in [4.78, 5) is 7.89. The first-order chi connectivity index (χ1) is 7.88. The molecule has 0 aliphatic heterocycles. The molecular weight excluding hydrogens is 218 g/mol. The number of hydrogen-bond acceptors (Lipinski definition) is 3. The quantitative estimate of drug-likeness (QED) is 0.601. The van der Waals surface area contributed by atoms with E-state index >= 15 is 0 Å². The number of thiol groups is 1. The molecule has 3 rings (SSSR count). The number of aromatic nitrogens is 3. The molecule has 0 N–H and O–H groups in total. The van der Waals surface area contributed by atoms with Gasteiger partial charge in [0.05, 0.1) is 11.0 Å². The fourth-order valence-corrected chi connectivity index (χ4v) is 1.48. The van der Waals surface area contributed by atoms with Gasteiger partial charge < -0.3 is 0 Å². The van der Waals surface area contributed by atoms with Crippen LogP contribution in [0.2, 0.25) is 0 Å². The van der Waals surface area contributed by atoms with Gasteiger partial charge in [0.25, 0.3) is 0 Å². The van der Waals surface area contributed by atoms with Crippen molar-refractivity contribution in [2.75, 3.05) is 0 Å². The highest BCUT2D eigenvalue weighted by Gasteiger charge is 1.94. The van der Waals surface area contributed by atoms with Crippen molar-refractivity contribution in [3.05, 3.63) is 61.2 Å². The van der Waals surface area contributed by atoms with Crippen LogP contribution in [0.3, 0.4) is 0 Å². The van der Waals surface area contributed by atoms with Crippen LogP contribution < -0.4 is 0 Å². The van der Waals surface area contributed by atoms with E-state index in [2.05, 4.69) is 22.8 Å². The zero-order valence-corrected chi connectivity index (χ0v) is 9.46. The number of nitrogens with zero attached hydrogens (tertiary/aromatic N) is 3. The maximum atomic E-state index is 4.16. The summed E-state index contributed by atoms with van der Waals surface area (Å²) in [6.45, 7) is 0. The lowest BCUT2D eigenvalue weighted by Crippen LogP contribution is -1.73. The third-order valence-electron chi connectivity index (χ3n) is 2.00. The van der Waals surface area contributed by atoms with Crippen LogP contribution in [0.25, 0.3) is 11.0 Å². The van der Waals surface area contributed by atoms with E-state index in [-0.39, 0.29) is 0 Å². The minimum Gasteiger partial charge on any atom is -0.275 e. The molecule has 0 aliphatic rings. The topological polar surface area (TPSA) is 30.7 Å². The Bertz CT molecular complexity index is 522. The first-order valence-electron chi connectivity index (χ1n) is 4.84. The summed E-state index contributed by atoms with van der Waals surface area (Å²) >= 11 is 4.16. The lowest BCUT2D eigenvalue weighted by molar-refractivity contribution is 1.28. The number of pyridine rings is 1. The van der Waals surface area contributed by atoms with Crippen molar-refractivity contribution in [3.63, 3.8) is 0 Å². The average Bonchev–Trinajstić information content (AvgIpc) is 2.75. The molecule has 0 aliphatic carbocycles. The normalized spacial score (nSPS) is 9.56. The van der Waals surface area contributed by atoms with Gasteiger partial charge in [0.15, 0.2) is 0 Å². The van der Waals surface area contributed by atoms with Crippen molar-refractivity contribution < 1.29 is 0 Å². The van der Waals surface area contributed by atoms with Crippen LogP contribution in [0.15, 0.2) is 61.2 Å². The standard InChI is InChI=1S/C7H6N2S.C5H5N/c10-9-5-8-6-3-1-2-4-7(6)9;1-2-4-6-5-3-1/h1-5,10H;1-5H. The Kier molecular flexibility index (Phi) is 3.56. The molecule has 0 saturated heterocycles. The predicted molar refractivity (Wildman–Crippen MR) is 68.4 cm³/mol. The Hall–Kier alpha value is -1.81. The number of rotatable bonds is 0. The first kappa shape index (κ1) is 10.7. The van der Waals surface area contributed by atoms with E-state index in [1.165, 1.54) is 0 Å². The van der Waals surface area contributed by atoms with Crippen LogP contribution in [0, 0.1) is 0 Å². The van der Waals surface area contributed by atoms with Gasteiger partial charge in [-0.15, -0.1) is 0 Å². The van der Waals surface area contributed by atoms with Crippen LogP contribution in [0.1, 0.15) is 0 Å². The van der Waals surface area contributed by atoms with Crippen molar-refractivity contribution >= 4 is 23.8 Å². The molecule has 1 aromatic carbocycles. The van der Waals surface area contributed by atoms with E-state index in [0.29, 0.717) is 0 Å². The molecule has 80 valence electrons. The van der Waals surface area contributed by atoms with E-state index < -0.39 is 0 Å². The Balaban J connectivity index is 0.000000138. The second-order valence-corrected chi connectivity index (χ2v) is 3.53. The molecular formula is C12H11N3S. The highest BCUT2D eigenvalue weighted by atomic mass is 32.1. The van der Waals surface area contributed by atoms with Gasteiger partial charge in [-0.2, -0.15) is 0 Å². The van der Waals surface area contributed by atoms with Crippen LogP contribution in [0.5, 0.6) is 0 Å². The van der Waals surface area contributed by atoms with Crippen molar-refractivity contribution in [1.29, 1.82) is 0 Å². The summed E-state index contributed by atoms with van der Waals surface area (Å²) in [7, 11) is 0. The van der Waals surface area contributed by atoms with Crippen LogP contribution in [-0.2, 0) is 0 Å².